The Morgan fingerprint density at radius 1 is 1.25 bits per heavy atom. The molecule has 1 amide bonds. The lowest BCUT2D eigenvalue weighted by atomic mass is 10.3. The third-order valence-corrected chi connectivity index (χ3v) is 5.42. The van der Waals surface area contributed by atoms with E-state index >= 15 is 0 Å². The molecular weight excluding hydrogens is 444 g/mol. The van der Waals surface area contributed by atoms with Gasteiger partial charge in [-0.2, -0.15) is 0 Å². The molecule has 0 spiro atoms. The van der Waals surface area contributed by atoms with E-state index in [4.69, 9.17) is 4.74 Å². The van der Waals surface area contributed by atoms with Gasteiger partial charge in [0.1, 0.15) is 5.56 Å². The maximum absolute atomic E-state index is 12.2. The van der Waals surface area contributed by atoms with Gasteiger partial charge >= 0.3 is 0 Å². The minimum atomic E-state index is -0.106. The molecule has 148 valence electrons. The summed E-state index contributed by atoms with van der Waals surface area (Å²) in [5.74, 6) is 1.31. The second kappa shape index (κ2) is 9.24. The number of halogens is 1. The van der Waals surface area contributed by atoms with Gasteiger partial charge in [-0.05, 0) is 38.1 Å². The van der Waals surface area contributed by atoms with E-state index in [0.717, 1.165) is 22.3 Å². The highest BCUT2D eigenvalue weighted by molar-refractivity contribution is 9.10. The van der Waals surface area contributed by atoms with Gasteiger partial charge in [0, 0.05) is 29.9 Å². The molecule has 3 aromatic rings. The van der Waals surface area contributed by atoms with Crippen LogP contribution < -0.4 is 10.1 Å². The molecule has 0 aliphatic carbocycles. The van der Waals surface area contributed by atoms with Gasteiger partial charge in [0.2, 0.25) is 11.8 Å². The summed E-state index contributed by atoms with van der Waals surface area (Å²) in [6, 6.07) is 7.44. The molecule has 28 heavy (non-hydrogen) atoms. The molecule has 10 heteroatoms. The number of hydrogen-bond donors (Lipinski definition) is 1. The van der Waals surface area contributed by atoms with Crippen molar-refractivity contribution < 1.29 is 9.53 Å². The number of carbonyl (C=O) groups excluding carboxylic acids is 1. The molecule has 0 bridgehead atoms. The minimum Gasteiger partial charge on any atom is -0.476 e. The second-order valence-electron chi connectivity index (χ2n) is 5.85. The van der Waals surface area contributed by atoms with Crippen molar-refractivity contribution in [2.75, 3.05) is 17.7 Å². The summed E-state index contributed by atoms with van der Waals surface area (Å²) in [5, 5.41) is 16.4. The molecule has 0 radical (unpaired) electrons. The van der Waals surface area contributed by atoms with Crippen molar-refractivity contribution in [3.05, 3.63) is 34.9 Å². The average Bonchev–Trinajstić information content (AvgIpc) is 3.25. The Kier molecular flexibility index (Phi) is 6.74. The largest absolute Gasteiger partial charge is 0.476 e. The maximum atomic E-state index is 12.2. The number of aromatic nitrogens is 5. The summed E-state index contributed by atoms with van der Waals surface area (Å²) < 4.78 is 10.2. The molecule has 0 atom stereocenters. The number of carbonyl (C=O) groups is 1. The predicted octanol–water partition coefficient (Wildman–Crippen LogP) is 3.59. The van der Waals surface area contributed by atoms with Gasteiger partial charge < -0.3 is 14.6 Å². The highest BCUT2D eigenvalue weighted by atomic mass is 79.9. The molecule has 0 saturated carbocycles. The highest BCUT2D eigenvalue weighted by Gasteiger charge is 2.19. The standard InChI is InChI=1S/C18H21BrN6O2S/c1-4-25-10-14(17(23-25)27-5-2)16-21-22-18(24(16)3)28-11-15(26)20-13-8-6-12(19)7-9-13/h6-10H,4-5,11H2,1-3H3,(H,20,26). The van der Waals surface area contributed by atoms with Crippen LogP contribution in [0, 0.1) is 0 Å². The van der Waals surface area contributed by atoms with Crippen molar-refractivity contribution in [2.45, 2.75) is 25.5 Å². The van der Waals surface area contributed by atoms with Crippen LogP contribution in [0.2, 0.25) is 0 Å². The number of benzene rings is 1. The lowest BCUT2D eigenvalue weighted by molar-refractivity contribution is -0.113. The summed E-state index contributed by atoms with van der Waals surface area (Å²) in [5.41, 5.74) is 1.53. The van der Waals surface area contributed by atoms with Crippen LogP contribution in [0.5, 0.6) is 5.88 Å². The van der Waals surface area contributed by atoms with Crippen molar-refractivity contribution >= 4 is 39.3 Å². The molecule has 0 aliphatic rings. The van der Waals surface area contributed by atoms with E-state index in [2.05, 4.69) is 36.5 Å². The third kappa shape index (κ3) is 4.74. The molecule has 1 N–H and O–H groups in total. The van der Waals surface area contributed by atoms with E-state index in [9.17, 15) is 4.79 Å². The maximum Gasteiger partial charge on any atom is 0.243 e. The van der Waals surface area contributed by atoms with E-state index in [1.54, 1.807) is 4.68 Å². The van der Waals surface area contributed by atoms with Crippen LogP contribution in [0.1, 0.15) is 13.8 Å². The lowest BCUT2D eigenvalue weighted by Crippen LogP contribution is -2.14. The molecule has 2 heterocycles. The molecule has 0 fully saturated rings. The number of rotatable bonds is 8. The van der Waals surface area contributed by atoms with Crippen LogP contribution in [0.4, 0.5) is 5.69 Å². The van der Waals surface area contributed by atoms with E-state index in [1.807, 2.05) is 55.9 Å². The number of aryl methyl sites for hydroxylation is 1. The molecule has 0 unspecified atom stereocenters. The topological polar surface area (TPSA) is 86.9 Å². The fourth-order valence-electron chi connectivity index (χ4n) is 2.50. The lowest BCUT2D eigenvalue weighted by Gasteiger charge is -2.06. The first-order valence-electron chi connectivity index (χ1n) is 8.80. The van der Waals surface area contributed by atoms with Crippen LogP contribution >= 0.6 is 27.7 Å². The second-order valence-corrected chi connectivity index (χ2v) is 7.70. The number of thioether (sulfide) groups is 1. The first kappa shape index (κ1) is 20.4. The zero-order valence-corrected chi connectivity index (χ0v) is 18.2. The summed E-state index contributed by atoms with van der Waals surface area (Å²) in [6.45, 7) is 5.17. The predicted molar refractivity (Wildman–Crippen MR) is 113 cm³/mol. The van der Waals surface area contributed by atoms with Crippen LogP contribution in [0.15, 0.2) is 40.1 Å². The molecule has 8 nitrogen and oxygen atoms in total. The van der Waals surface area contributed by atoms with Gasteiger partial charge in [-0.1, -0.05) is 27.7 Å². The molecular formula is C18H21BrN6O2S. The quantitative estimate of drug-likeness (QED) is 0.512. The Morgan fingerprint density at radius 2 is 2.00 bits per heavy atom. The van der Waals surface area contributed by atoms with Crippen LogP contribution in [0.25, 0.3) is 11.4 Å². The van der Waals surface area contributed by atoms with E-state index in [-0.39, 0.29) is 11.7 Å². The molecule has 1 aromatic carbocycles. The van der Waals surface area contributed by atoms with Crippen molar-refractivity contribution in [1.82, 2.24) is 24.5 Å². The van der Waals surface area contributed by atoms with Crippen molar-refractivity contribution in [3.63, 3.8) is 0 Å². The van der Waals surface area contributed by atoms with Gasteiger partial charge in [-0.25, -0.2) is 0 Å². The van der Waals surface area contributed by atoms with Crippen molar-refractivity contribution in [1.29, 1.82) is 0 Å². The first-order valence-corrected chi connectivity index (χ1v) is 10.6. The van der Waals surface area contributed by atoms with Crippen LogP contribution in [-0.2, 0) is 18.4 Å². The normalized spacial score (nSPS) is 10.9. The number of nitrogens with zero attached hydrogens (tertiary/aromatic N) is 5. The fourth-order valence-corrected chi connectivity index (χ4v) is 3.47. The van der Waals surface area contributed by atoms with Crippen LogP contribution in [0.3, 0.4) is 0 Å². The van der Waals surface area contributed by atoms with Crippen LogP contribution in [-0.4, -0.2) is 42.8 Å². The van der Waals surface area contributed by atoms with Crippen molar-refractivity contribution in [3.8, 4) is 17.3 Å². The summed E-state index contributed by atoms with van der Waals surface area (Å²) >= 11 is 4.70. The van der Waals surface area contributed by atoms with Gasteiger partial charge in [-0.15, -0.1) is 15.3 Å². The molecule has 0 saturated heterocycles. The Hall–Kier alpha value is -2.33. The fraction of sp³-hybridized carbons (Fsp3) is 0.333. The van der Waals surface area contributed by atoms with Crippen molar-refractivity contribution in [2.24, 2.45) is 7.05 Å². The Labute approximate surface area is 175 Å². The monoisotopic (exact) mass is 464 g/mol. The van der Waals surface area contributed by atoms with E-state index in [1.165, 1.54) is 11.8 Å². The minimum absolute atomic E-state index is 0.106. The highest BCUT2D eigenvalue weighted by Crippen LogP contribution is 2.29. The number of hydrogen-bond acceptors (Lipinski definition) is 6. The van der Waals surface area contributed by atoms with Gasteiger partial charge in [0.25, 0.3) is 0 Å². The van der Waals surface area contributed by atoms with Gasteiger partial charge in [0.05, 0.1) is 12.4 Å². The van der Waals surface area contributed by atoms with Gasteiger partial charge in [0.15, 0.2) is 11.0 Å². The molecule has 3 rings (SSSR count). The zero-order valence-electron chi connectivity index (χ0n) is 15.8. The Morgan fingerprint density at radius 3 is 2.68 bits per heavy atom. The molecule has 0 aliphatic heterocycles. The third-order valence-electron chi connectivity index (χ3n) is 3.87. The number of anilines is 1. The zero-order chi connectivity index (χ0) is 20.1. The Bertz CT molecular complexity index is 954. The number of ether oxygens (including phenoxy) is 1. The van der Waals surface area contributed by atoms with E-state index < -0.39 is 0 Å². The smallest absolute Gasteiger partial charge is 0.243 e. The average molecular weight is 465 g/mol. The van der Waals surface area contributed by atoms with E-state index in [0.29, 0.717) is 23.5 Å². The summed E-state index contributed by atoms with van der Waals surface area (Å²) in [4.78, 5) is 12.2. The Balaban J connectivity index is 1.69. The first-order chi connectivity index (χ1) is 13.5. The number of amides is 1. The summed E-state index contributed by atoms with van der Waals surface area (Å²) in [6.07, 6.45) is 1.89. The SMILES string of the molecule is CCOc1nn(CC)cc1-c1nnc(SCC(=O)Nc2ccc(Br)cc2)n1C. The summed E-state index contributed by atoms with van der Waals surface area (Å²) in [7, 11) is 1.86. The van der Waals surface area contributed by atoms with Gasteiger partial charge in [-0.3, -0.25) is 9.48 Å². The number of nitrogens with one attached hydrogen (secondary N) is 1. The molecule has 2 aromatic heterocycles.